The zero-order valence-corrected chi connectivity index (χ0v) is 23.4. The number of allylic oxidation sites excluding steroid dienone is 1. The summed E-state index contributed by atoms with van der Waals surface area (Å²) in [6.45, 7) is 16.1. The van der Waals surface area contributed by atoms with E-state index in [2.05, 4.69) is 63.0 Å². The molecule has 1 aromatic carbocycles. The van der Waals surface area contributed by atoms with Crippen LogP contribution in [0.2, 0.25) is 0 Å². The van der Waals surface area contributed by atoms with Crippen LogP contribution in [0.25, 0.3) is 22.4 Å². The third kappa shape index (κ3) is 4.77. The van der Waals surface area contributed by atoms with Gasteiger partial charge in [0.15, 0.2) is 11.3 Å². The number of aromatic nitrogens is 1. The van der Waals surface area contributed by atoms with Crippen LogP contribution in [0.1, 0.15) is 63.2 Å². The van der Waals surface area contributed by atoms with Crippen LogP contribution in [-0.4, -0.2) is 64.0 Å². The van der Waals surface area contributed by atoms with E-state index in [0.29, 0.717) is 42.9 Å². The van der Waals surface area contributed by atoms with E-state index >= 15 is 0 Å². The molecule has 0 unspecified atom stereocenters. The summed E-state index contributed by atoms with van der Waals surface area (Å²) >= 11 is 0. The number of amides is 2. The fourth-order valence-electron chi connectivity index (χ4n) is 5.28. The molecule has 1 saturated heterocycles. The first-order valence-corrected chi connectivity index (χ1v) is 13.2. The molecule has 0 bridgehead atoms. The molecule has 2 aliphatic heterocycles. The van der Waals surface area contributed by atoms with Gasteiger partial charge >= 0.3 is 0 Å². The van der Waals surface area contributed by atoms with Crippen LogP contribution in [0.5, 0.6) is 0 Å². The van der Waals surface area contributed by atoms with Gasteiger partial charge in [-0.1, -0.05) is 50.6 Å². The topological polar surface area (TPSA) is 79.0 Å². The predicted octanol–water partition coefficient (Wildman–Crippen LogP) is 5.56. The van der Waals surface area contributed by atoms with Crippen LogP contribution in [0.15, 0.2) is 57.5 Å². The molecular weight excluding hydrogens is 476 g/mol. The lowest BCUT2D eigenvalue weighted by atomic mass is 9.86. The fourth-order valence-corrected chi connectivity index (χ4v) is 5.28. The first-order chi connectivity index (χ1) is 17.8. The van der Waals surface area contributed by atoms with Crippen LogP contribution in [-0.2, 0) is 10.2 Å². The standard InChI is InChI=1S/C31H36N4O3/c1-19-8-10-21(11-9-19)24-15-23(30(3,4)5)27-25(33-24)16-26(38-27)29(37)35-13-12-34(18-31(35,6)7)28(36)22-14-20(2)32-17-22/h8-11,14-16H,12-13,17-18H2,1-7H3. The zero-order valence-electron chi connectivity index (χ0n) is 23.4. The average Bonchev–Trinajstić information content (AvgIpc) is 3.48. The maximum Gasteiger partial charge on any atom is 0.290 e. The van der Waals surface area contributed by atoms with Gasteiger partial charge in [-0.3, -0.25) is 14.6 Å². The highest BCUT2D eigenvalue weighted by atomic mass is 16.3. The van der Waals surface area contributed by atoms with Gasteiger partial charge in [-0.05, 0) is 45.3 Å². The van der Waals surface area contributed by atoms with Crippen LogP contribution in [0.3, 0.4) is 0 Å². The molecular formula is C31H36N4O3. The van der Waals surface area contributed by atoms with Gasteiger partial charge in [0.25, 0.3) is 11.8 Å². The van der Waals surface area contributed by atoms with Crippen molar-refractivity contribution in [3.63, 3.8) is 0 Å². The van der Waals surface area contributed by atoms with Crippen molar-refractivity contribution in [1.29, 1.82) is 0 Å². The Morgan fingerprint density at radius 1 is 1.00 bits per heavy atom. The molecule has 7 heteroatoms. The van der Waals surface area contributed by atoms with E-state index in [-0.39, 0.29) is 23.0 Å². The van der Waals surface area contributed by atoms with E-state index in [1.165, 1.54) is 5.56 Å². The fraction of sp³-hybridized carbons (Fsp3) is 0.419. The van der Waals surface area contributed by atoms with Gasteiger partial charge in [-0.2, -0.15) is 0 Å². The van der Waals surface area contributed by atoms with E-state index in [1.54, 1.807) is 6.07 Å². The number of benzene rings is 1. The van der Waals surface area contributed by atoms with Crippen molar-refractivity contribution in [3.05, 3.63) is 64.9 Å². The normalized spacial score (nSPS) is 17.6. The monoisotopic (exact) mass is 512 g/mol. The molecule has 38 heavy (non-hydrogen) atoms. The second-order valence-electron chi connectivity index (χ2n) is 12.1. The summed E-state index contributed by atoms with van der Waals surface area (Å²) in [5.74, 6) is 0.0858. The van der Waals surface area contributed by atoms with Crippen molar-refractivity contribution >= 4 is 28.6 Å². The molecule has 0 aliphatic carbocycles. The minimum Gasteiger partial charge on any atom is -0.449 e. The third-order valence-corrected chi connectivity index (χ3v) is 7.44. The summed E-state index contributed by atoms with van der Waals surface area (Å²) in [5.41, 5.74) is 6.21. The third-order valence-electron chi connectivity index (χ3n) is 7.44. The molecule has 0 N–H and O–H groups in total. The Bertz CT molecular complexity index is 1490. The van der Waals surface area contributed by atoms with Gasteiger partial charge in [0.05, 0.1) is 17.8 Å². The Labute approximate surface area is 224 Å². The maximum atomic E-state index is 13.8. The molecule has 2 amide bonds. The molecule has 2 aliphatic rings. The Kier molecular flexibility index (Phi) is 6.28. The van der Waals surface area contributed by atoms with Crippen molar-refractivity contribution in [2.45, 2.75) is 59.4 Å². The van der Waals surface area contributed by atoms with Gasteiger partial charge in [0, 0.05) is 48.1 Å². The van der Waals surface area contributed by atoms with Crippen molar-refractivity contribution in [3.8, 4) is 11.3 Å². The van der Waals surface area contributed by atoms with Crippen molar-refractivity contribution in [1.82, 2.24) is 14.8 Å². The van der Waals surface area contributed by atoms with E-state index in [9.17, 15) is 9.59 Å². The number of aryl methyl sites for hydroxylation is 1. The molecule has 4 heterocycles. The first kappa shape index (κ1) is 25.9. The van der Waals surface area contributed by atoms with Gasteiger partial charge < -0.3 is 14.2 Å². The molecule has 0 atom stereocenters. The second kappa shape index (κ2) is 9.22. The number of aliphatic imine (C=N–C) groups is 1. The van der Waals surface area contributed by atoms with Crippen LogP contribution < -0.4 is 0 Å². The van der Waals surface area contributed by atoms with Gasteiger partial charge in [-0.15, -0.1) is 0 Å². The number of hydrogen-bond acceptors (Lipinski definition) is 5. The lowest BCUT2D eigenvalue weighted by molar-refractivity contribution is -0.131. The first-order valence-electron chi connectivity index (χ1n) is 13.2. The molecule has 1 fully saturated rings. The highest BCUT2D eigenvalue weighted by Crippen LogP contribution is 2.35. The van der Waals surface area contributed by atoms with Crippen molar-refractivity contribution in [2.24, 2.45) is 4.99 Å². The quantitative estimate of drug-likeness (QED) is 0.460. The van der Waals surface area contributed by atoms with E-state index in [0.717, 1.165) is 22.5 Å². The largest absolute Gasteiger partial charge is 0.449 e. The maximum absolute atomic E-state index is 13.8. The highest BCUT2D eigenvalue weighted by Gasteiger charge is 2.40. The van der Waals surface area contributed by atoms with E-state index in [1.807, 2.05) is 36.6 Å². The zero-order chi connectivity index (χ0) is 27.4. The van der Waals surface area contributed by atoms with E-state index in [4.69, 9.17) is 9.40 Å². The summed E-state index contributed by atoms with van der Waals surface area (Å²) in [7, 11) is 0. The lowest BCUT2D eigenvalue weighted by Gasteiger charge is -2.46. The van der Waals surface area contributed by atoms with Gasteiger partial charge in [0.2, 0.25) is 0 Å². The summed E-state index contributed by atoms with van der Waals surface area (Å²) in [4.78, 5) is 39.7. The van der Waals surface area contributed by atoms with Gasteiger partial charge in [0.1, 0.15) is 5.52 Å². The van der Waals surface area contributed by atoms with Crippen LogP contribution >= 0.6 is 0 Å². The molecule has 198 valence electrons. The summed E-state index contributed by atoms with van der Waals surface area (Å²) < 4.78 is 6.25. The molecule has 7 nitrogen and oxygen atoms in total. The second-order valence-corrected chi connectivity index (χ2v) is 12.1. The number of hydrogen-bond donors (Lipinski definition) is 0. The Morgan fingerprint density at radius 2 is 1.71 bits per heavy atom. The number of fused-ring (bicyclic) bond motifs is 1. The number of piperazine rings is 1. The predicted molar refractivity (Wildman–Crippen MR) is 151 cm³/mol. The molecule has 5 rings (SSSR count). The number of pyridine rings is 1. The minimum atomic E-state index is -0.563. The highest BCUT2D eigenvalue weighted by molar-refractivity contribution is 6.06. The van der Waals surface area contributed by atoms with Crippen LogP contribution in [0.4, 0.5) is 0 Å². The Hall–Kier alpha value is -3.74. The molecule has 2 aromatic heterocycles. The van der Waals surface area contributed by atoms with Crippen LogP contribution in [0, 0.1) is 6.92 Å². The van der Waals surface area contributed by atoms with Crippen molar-refractivity contribution in [2.75, 3.05) is 26.2 Å². The molecule has 0 saturated carbocycles. The number of carbonyl (C=O) groups is 2. The number of rotatable bonds is 3. The van der Waals surface area contributed by atoms with Gasteiger partial charge in [-0.25, -0.2) is 4.98 Å². The minimum absolute atomic E-state index is 0.00262. The Balaban J connectivity index is 1.45. The summed E-state index contributed by atoms with van der Waals surface area (Å²) in [5, 5.41) is 0. The molecule has 0 spiro atoms. The molecule has 3 aromatic rings. The lowest BCUT2D eigenvalue weighted by Crippen LogP contribution is -2.62. The number of nitrogens with zero attached hydrogens (tertiary/aromatic N) is 4. The van der Waals surface area contributed by atoms with E-state index < -0.39 is 5.54 Å². The SMILES string of the molecule is CC1=NCC(C(=O)N2CCN(C(=O)c3cc4nc(-c5ccc(C)cc5)cc(C(C)(C)C)c4o3)C(C)(C)C2)=C1. The summed E-state index contributed by atoms with van der Waals surface area (Å²) in [6, 6.07) is 12.1. The smallest absolute Gasteiger partial charge is 0.290 e. The average molecular weight is 513 g/mol. The number of furan rings is 1. The number of carbonyl (C=O) groups excluding carboxylic acids is 2. The Morgan fingerprint density at radius 3 is 2.32 bits per heavy atom. The summed E-state index contributed by atoms with van der Waals surface area (Å²) in [6.07, 6.45) is 1.85. The van der Waals surface area contributed by atoms with Crippen molar-refractivity contribution < 1.29 is 14.0 Å². The molecule has 0 radical (unpaired) electrons.